The van der Waals surface area contributed by atoms with Crippen molar-refractivity contribution in [3.63, 3.8) is 0 Å². The fourth-order valence-electron chi connectivity index (χ4n) is 4.78. The van der Waals surface area contributed by atoms with Crippen molar-refractivity contribution in [2.75, 3.05) is 18.8 Å². The SMILES string of the molecule is CC(C)CC1SCC(C(=O)NC2CCN(Cc3ccccc3)CC2)N1C(=O)c1ccc(Cl)c(Cl)c1. The highest BCUT2D eigenvalue weighted by Gasteiger charge is 2.42. The van der Waals surface area contributed by atoms with Crippen LogP contribution in [0.15, 0.2) is 48.5 Å². The van der Waals surface area contributed by atoms with Gasteiger partial charge in [0.05, 0.1) is 15.4 Å². The molecule has 0 aliphatic carbocycles. The molecule has 2 amide bonds. The minimum atomic E-state index is -0.493. The largest absolute Gasteiger partial charge is 0.351 e. The van der Waals surface area contributed by atoms with E-state index in [1.165, 1.54) is 5.56 Å². The molecule has 2 aromatic carbocycles. The van der Waals surface area contributed by atoms with Gasteiger partial charge in [0.25, 0.3) is 5.91 Å². The zero-order valence-electron chi connectivity index (χ0n) is 20.3. The molecule has 188 valence electrons. The Balaban J connectivity index is 1.40. The molecule has 8 heteroatoms. The molecule has 0 bridgehead atoms. The van der Waals surface area contributed by atoms with Crippen molar-refractivity contribution in [1.82, 2.24) is 15.1 Å². The number of rotatable bonds is 7. The summed E-state index contributed by atoms with van der Waals surface area (Å²) in [5, 5.41) is 3.96. The summed E-state index contributed by atoms with van der Waals surface area (Å²) in [6.07, 6.45) is 2.66. The van der Waals surface area contributed by atoms with E-state index in [2.05, 4.69) is 48.3 Å². The van der Waals surface area contributed by atoms with E-state index < -0.39 is 6.04 Å². The molecule has 2 aliphatic rings. The highest BCUT2D eigenvalue weighted by molar-refractivity contribution is 8.00. The molecule has 2 saturated heterocycles. The average molecular weight is 535 g/mol. The van der Waals surface area contributed by atoms with Crippen molar-refractivity contribution in [3.8, 4) is 0 Å². The van der Waals surface area contributed by atoms with E-state index in [1.54, 1.807) is 34.9 Å². The van der Waals surface area contributed by atoms with Gasteiger partial charge >= 0.3 is 0 Å². The predicted molar refractivity (Wildman–Crippen MR) is 145 cm³/mol. The van der Waals surface area contributed by atoms with Crippen LogP contribution in [0.3, 0.4) is 0 Å². The summed E-state index contributed by atoms with van der Waals surface area (Å²) in [5.74, 6) is 0.784. The van der Waals surface area contributed by atoms with Gasteiger partial charge in [-0.2, -0.15) is 0 Å². The van der Waals surface area contributed by atoms with Gasteiger partial charge in [-0.15, -0.1) is 11.8 Å². The summed E-state index contributed by atoms with van der Waals surface area (Å²) in [6, 6.07) is 15.0. The molecule has 0 saturated carbocycles. The highest BCUT2D eigenvalue weighted by Crippen LogP contribution is 2.35. The highest BCUT2D eigenvalue weighted by atomic mass is 35.5. The second-order valence-corrected chi connectivity index (χ2v) is 11.8. The van der Waals surface area contributed by atoms with E-state index in [1.807, 2.05) is 6.07 Å². The molecule has 5 nitrogen and oxygen atoms in total. The van der Waals surface area contributed by atoms with Crippen molar-refractivity contribution in [2.45, 2.75) is 57.1 Å². The Hall–Kier alpha value is -1.73. The molecule has 0 aromatic heterocycles. The molecule has 1 N–H and O–H groups in total. The predicted octanol–water partition coefficient (Wildman–Crippen LogP) is 5.70. The summed E-state index contributed by atoms with van der Waals surface area (Å²) in [6.45, 7) is 7.10. The van der Waals surface area contributed by atoms with Crippen LogP contribution in [0.25, 0.3) is 0 Å². The monoisotopic (exact) mass is 533 g/mol. The number of nitrogens with zero attached hydrogens (tertiary/aromatic N) is 2. The van der Waals surface area contributed by atoms with E-state index in [-0.39, 0.29) is 23.2 Å². The molecule has 2 aromatic rings. The minimum absolute atomic E-state index is 0.0413. The Bertz CT molecular complexity index is 1030. The van der Waals surface area contributed by atoms with Crippen LogP contribution in [0, 0.1) is 5.92 Å². The lowest BCUT2D eigenvalue weighted by atomic mass is 10.0. The Morgan fingerprint density at radius 1 is 1.06 bits per heavy atom. The Labute approximate surface area is 222 Å². The number of likely N-dealkylation sites (tertiary alicyclic amines) is 1. The van der Waals surface area contributed by atoms with Crippen molar-refractivity contribution >= 4 is 46.8 Å². The maximum atomic E-state index is 13.6. The molecule has 35 heavy (non-hydrogen) atoms. The lowest BCUT2D eigenvalue weighted by molar-refractivity contribution is -0.126. The summed E-state index contributed by atoms with van der Waals surface area (Å²) in [7, 11) is 0. The number of benzene rings is 2. The van der Waals surface area contributed by atoms with Crippen molar-refractivity contribution in [3.05, 3.63) is 69.7 Å². The van der Waals surface area contributed by atoms with Gasteiger partial charge in [0.2, 0.25) is 5.91 Å². The lowest BCUT2D eigenvalue weighted by Crippen LogP contribution is -2.53. The minimum Gasteiger partial charge on any atom is -0.351 e. The van der Waals surface area contributed by atoms with E-state index >= 15 is 0 Å². The van der Waals surface area contributed by atoms with Crippen molar-refractivity contribution in [1.29, 1.82) is 0 Å². The third-order valence-electron chi connectivity index (χ3n) is 6.65. The molecule has 0 radical (unpaired) electrons. The van der Waals surface area contributed by atoms with Crippen molar-refractivity contribution in [2.24, 2.45) is 5.92 Å². The number of nitrogens with one attached hydrogen (secondary N) is 1. The first-order chi connectivity index (χ1) is 16.8. The Morgan fingerprint density at radius 3 is 2.43 bits per heavy atom. The third-order valence-corrected chi connectivity index (χ3v) is 8.70. The Morgan fingerprint density at radius 2 is 1.77 bits per heavy atom. The summed E-state index contributed by atoms with van der Waals surface area (Å²) in [5.41, 5.74) is 1.77. The van der Waals surface area contributed by atoms with Gasteiger partial charge in [0.1, 0.15) is 6.04 Å². The van der Waals surface area contributed by atoms with Gasteiger partial charge in [-0.3, -0.25) is 14.5 Å². The van der Waals surface area contributed by atoms with Gasteiger partial charge in [0.15, 0.2) is 0 Å². The van der Waals surface area contributed by atoms with Crippen LogP contribution in [-0.4, -0.2) is 57.9 Å². The molecular formula is C27H33Cl2N3O2S. The van der Waals surface area contributed by atoms with Gasteiger partial charge in [-0.05, 0) is 48.9 Å². The number of amides is 2. The number of thioether (sulfide) groups is 1. The van der Waals surface area contributed by atoms with Crippen LogP contribution in [0.4, 0.5) is 0 Å². The van der Waals surface area contributed by atoms with Crippen LogP contribution < -0.4 is 5.32 Å². The smallest absolute Gasteiger partial charge is 0.255 e. The van der Waals surface area contributed by atoms with Gasteiger partial charge in [-0.25, -0.2) is 0 Å². The number of carbonyl (C=O) groups is 2. The molecule has 2 fully saturated rings. The first-order valence-electron chi connectivity index (χ1n) is 12.3. The second-order valence-electron chi connectivity index (χ2n) is 9.82. The van der Waals surface area contributed by atoms with Gasteiger partial charge in [-0.1, -0.05) is 67.4 Å². The number of carbonyl (C=O) groups excluding carboxylic acids is 2. The fourth-order valence-corrected chi connectivity index (χ4v) is 6.71. The summed E-state index contributed by atoms with van der Waals surface area (Å²) in [4.78, 5) is 31.2. The number of hydrogen-bond donors (Lipinski definition) is 1. The third kappa shape index (κ3) is 6.73. The van der Waals surface area contributed by atoms with Crippen LogP contribution in [0.1, 0.15) is 49.0 Å². The normalized spacial score (nSPS) is 21.5. The van der Waals surface area contributed by atoms with Crippen LogP contribution in [-0.2, 0) is 11.3 Å². The summed E-state index contributed by atoms with van der Waals surface area (Å²) >= 11 is 13.9. The first kappa shape index (κ1) is 26.3. The molecule has 2 unspecified atom stereocenters. The maximum Gasteiger partial charge on any atom is 0.255 e. The van der Waals surface area contributed by atoms with Crippen molar-refractivity contribution < 1.29 is 9.59 Å². The topological polar surface area (TPSA) is 52.7 Å². The zero-order chi connectivity index (χ0) is 24.9. The van der Waals surface area contributed by atoms with E-state index in [0.717, 1.165) is 38.9 Å². The zero-order valence-corrected chi connectivity index (χ0v) is 22.6. The van der Waals surface area contributed by atoms with Gasteiger partial charge in [0, 0.05) is 37.0 Å². The molecule has 4 rings (SSSR count). The number of halogens is 2. The molecule has 2 aliphatic heterocycles. The number of hydrogen-bond acceptors (Lipinski definition) is 4. The second kappa shape index (κ2) is 12.0. The van der Waals surface area contributed by atoms with Gasteiger partial charge < -0.3 is 10.2 Å². The van der Waals surface area contributed by atoms with Crippen LogP contribution in [0.2, 0.25) is 10.0 Å². The molecule has 2 atom stereocenters. The number of piperidine rings is 1. The van der Waals surface area contributed by atoms with E-state index in [4.69, 9.17) is 23.2 Å². The van der Waals surface area contributed by atoms with E-state index in [9.17, 15) is 9.59 Å². The molecule has 2 heterocycles. The van der Waals surface area contributed by atoms with Crippen LogP contribution >= 0.6 is 35.0 Å². The fraction of sp³-hybridized carbons (Fsp3) is 0.481. The Kier molecular flexibility index (Phi) is 9.03. The maximum absolute atomic E-state index is 13.6. The summed E-state index contributed by atoms with van der Waals surface area (Å²) < 4.78 is 0. The van der Waals surface area contributed by atoms with E-state index in [0.29, 0.717) is 27.3 Å². The quantitative estimate of drug-likeness (QED) is 0.495. The average Bonchev–Trinajstić information content (AvgIpc) is 3.25. The standard InChI is InChI=1S/C27H33Cl2N3O2S/c1-18(2)14-25-32(27(34)20-8-9-22(28)23(29)15-20)24(17-35-25)26(33)30-21-10-12-31(13-11-21)16-19-6-4-3-5-7-19/h3-9,15,18,21,24-25H,10-14,16-17H2,1-2H3,(H,30,33). The van der Waals surface area contributed by atoms with Crippen LogP contribution in [0.5, 0.6) is 0 Å². The molecular weight excluding hydrogens is 501 g/mol. The molecule has 0 spiro atoms. The first-order valence-corrected chi connectivity index (χ1v) is 14.1. The lowest BCUT2D eigenvalue weighted by Gasteiger charge is -2.34.